The van der Waals surface area contributed by atoms with Crippen LogP contribution in [0, 0.1) is 0 Å². The van der Waals surface area contributed by atoms with Crippen molar-refractivity contribution in [1.29, 1.82) is 0 Å². The summed E-state index contributed by atoms with van der Waals surface area (Å²) in [5.41, 5.74) is 0. The van der Waals surface area contributed by atoms with E-state index in [0.717, 1.165) is 6.08 Å². The summed E-state index contributed by atoms with van der Waals surface area (Å²) in [6, 6.07) is 0. The highest BCUT2D eigenvalue weighted by Gasteiger charge is 2.04. The van der Waals surface area contributed by atoms with Crippen LogP contribution in [0.4, 0.5) is 0 Å². The quantitative estimate of drug-likeness (QED) is 0.192. The highest BCUT2D eigenvalue weighted by Crippen LogP contribution is 1.97. The zero-order valence-electron chi connectivity index (χ0n) is 3.77. The number of hydrogen-bond acceptors (Lipinski definition) is 6. The first kappa shape index (κ1) is 8.38. The minimum absolute atomic E-state index is 0.845. The molecule has 8 heteroatoms. The van der Waals surface area contributed by atoms with Crippen LogP contribution < -0.4 is 0 Å². The molecule has 0 N–H and O–H groups in total. The van der Waals surface area contributed by atoms with Crippen LogP contribution in [0.3, 0.4) is 0 Å². The van der Waals surface area contributed by atoms with Gasteiger partial charge in [-0.05, 0) is 4.33 Å². The van der Waals surface area contributed by atoms with E-state index in [1.54, 1.807) is 0 Å². The van der Waals surface area contributed by atoms with Crippen molar-refractivity contribution in [3.05, 3.63) is 0 Å². The molecule has 0 radical (unpaired) electrons. The lowest BCUT2D eigenvalue weighted by Crippen LogP contribution is -1.93. The highest BCUT2D eigenvalue weighted by atomic mass is 35.7. The summed E-state index contributed by atoms with van der Waals surface area (Å²) in [4.78, 5) is 12.5. The molecule has 52 valence electrons. The van der Waals surface area contributed by atoms with Crippen LogP contribution in [-0.4, -0.2) is 14.5 Å². The molecule has 0 aliphatic rings. The molecule has 0 aromatic carbocycles. The third-order valence-electron chi connectivity index (χ3n) is 0.186. The van der Waals surface area contributed by atoms with Crippen molar-refractivity contribution in [2.24, 2.45) is 5.16 Å². The molecule has 0 fully saturated rings. The van der Waals surface area contributed by atoms with E-state index in [0.29, 0.717) is 0 Å². The Kier molecular flexibility index (Phi) is 3.18. The summed E-state index contributed by atoms with van der Waals surface area (Å²) in [6.45, 7) is 0. The molecule has 0 aliphatic carbocycles. The summed E-state index contributed by atoms with van der Waals surface area (Å²) < 4.78 is 22.7. The number of halogens is 1. The van der Waals surface area contributed by atoms with E-state index in [1.165, 1.54) is 0 Å². The Balaban J connectivity index is 3.66. The largest absolute Gasteiger partial charge is 0.392 e. The standard InChI is InChI=1S/CClNO5S/c2-9(5,6)8-7-3-1-4. The van der Waals surface area contributed by atoms with Gasteiger partial charge in [-0.3, -0.25) is 0 Å². The summed E-state index contributed by atoms with van der Waals surface area (Å²) in [5, 5.41) is 2.27. The average Bonchev–Trinajstić information content (AvgIpc) is 1.63. The molecule has 0 unspecified atom stereocenters. The maximum absolute atomic E-state index is 9.73. The third-order valence-corrected chi connectivity index (χ3v) is 0.564. The van der Waals surface area contributed by atoms with Gasteiger partial charge in [0.1, 0.15) is 0 Å². The molecule has 0 rings (SSSR count). The molecule has 0 heterocycles. The molecule has 6 nitrogen and oxygen atoms in total. The van der Waals surface area contributed by atoms with Gasteiger partial charge in [0.15, 0.2) is 0 Å². The first-order valence-corrected chi connectivity index (χ1v) is 3.67. The van der Waals surface area contributed by atoms with Crippen molar-refractivity contribution in [2.75, 3.05) is 0 Å². The second-order valence-corrected chi connectivity index (χ2v) is 2.77. The molecule has 0 aliphatic heterocycles. The van der Waals surface area contributed by atoms with E-state index in [9.17, 15) is 8.42 Å². The zero-order valence-corrected chi connectivity index (χ0v) is 5.35. The summed E-state index contributed by atoms with van der Waals surface area (Å²) in [5.74, 6) is 0. The lowest BCUT2D eigenvalue weighted by molar-refractivity contribution is -0.199. The van der Waals surface area contributed by atoms with Crippen LogP contribution in [-0.2, 0) is 23.4 Å². The van der Waals surface area contributed by atoms with E-state index in [2.05, 4.69) is 25.2 Å². The Morgan fingerprint density at radius 3 is 2.44 bits per heavy atom. The normalized spacial score (nSPS) is 9.89. The van der Waals surface area contributed by atoms with Gasteiger partial charge < -0.3 is 0 Å². The molecular formula is CClNO5S. The Labute approximate surface area is 54.5 Å². The van der Waals surface area contributed by atoms with Crippen LogP contribution in [0.2, 0.25) is 0 Å². The summed E-state index contributed by atoms with van der Waals surface area (Å²) >= 11 is 0. The molecular weight excluding hydrogens is 174 g/mol. The van der Waals surface area contributed by atoms with Gasteiger partial charge in [0, 0.05) is 5.16 Å². The number of nitrogens with zero attached hydrogens (tertiary/aromatic N) is 1. The predicted octanol–water partition coefficient (Wildman–Crippen LogP) is -0.331. The smallest absolute Gasteiger partial charge is 0.208 e. The van der Waals surface area contributed by atoms with Crippen LogP contribution >= 0.6 is 10.7 Å². The van der Waals surface area contributed by atoms with Crippen molar-refractivity contribution >= 4 is 26.1 Å². The Morgan fingerprint density at radius 1 is 1.56 bits per heavy atom. The Bertz CT molecular complexity index is 213. The second-order valence-electron chi connectivity index (χ2n) is 0.718. The van der Waals surface area contributed by atoms with E-state index in [1.807, 2.05) is 0 Å². The molecule has 0 aromatic heterocycles. The summed E-state index contributed by atoms with van der Waals surface area (Å²) in [7, 11) is 0.185. The van der Waals surface area contributed by atoms with Crippen molar-refractivity contribution in [3.8, 4) is 0 Å². The fraction of sp³-hybridized carbons (Fsp3) is 0. The number of carbonyl (C=O) groups excluding carboxylic acids is 1. The van der Waals surface area contributed by atoms with Crippen LogP contribution in [0.15, 0.2) is 5.16 Å². The van der Waals surface area contributed by atoms with E-state index in [4.69, 9.17) is 4.79 Å². The number of hydrogen-bond donors (Lipinski definition) is 0. The Morgan fingerprint density at radius 2 is 2.11 bits per heavy atom. The number of isocyanates is 1. The first-order chi connectivity index (χ1) is 4.06. The fourth-order valence-electron chi connectivity index (χ4n) is 0.0668. The molecule has 0 saturated heterocycles. The highest BCUT2D eigenvalue weighted by molar-refractivity contribution is 8.09. The molecule has 0 atom stereocenters. The number of rotatable bonds is 3. The minimum atomic E-state index is -4.22. The lowest BCUT2D eigenvalue weighted by Gasteiger charge is -1.85. The SMILES string of the molecule is O=C=NOOS(=O)(=O)Cl. The van der Waals surface area contributed by atoms with Gasteiger partial charge in [0.25, 0.3) is 6.08 Å². The topological polar surface area (TPSA) is 82.0 Å². The van der Waals surface area contributed by atoms with Gasteiger partial charge in [-0.25, -0.2) is 4.79 Å². The van der Waals surface area contributed by atoms with Gasteiger partial charge in [0.2, 0.25) is 0 Å². The second kappa shape index (κ2) is 3.41. The van der Waals surface area contributed by atoms with Crippen molar-refractivity contribution in [2.45, 2.75) is 0 Å². The minimum Gasteiger partial charge on any atom is -0.208 e. The molecule has 0 aromatic rings. The molecule has 0 bridgehead atoms. The molecule has 0 amide bonds. The zero-order chi connectivity index (χ0) is 7.33. The van der Waals surface area contributed by atoms with E-state index in [-0.39, 0.29) is 0 Å². The fourth-order valence-corrected chi connectivity index (χ4v) is 0.239. The monoisotopic (exact) mass is 173 g/mol. The van der Waals surface area contributed by atoms with Crippen LogP contribution in [0.25, 0.3) is 0 Å². The van der Waals surface area contributed by atoms with E-state index >= 15 is 0 Å². The van der Waals surface area contributed by atoms with E-state index < -0.39 is 9.33 Å². The van der Waals surface area contributed by atoms with Crippen molar-refractivity contribution < 1.29 is 22.5 Å². The molecule has 9 heavy (non-hydrogen) atoms. The predicted molar refractivity (Wildman–Crippen MR) is 25.1 cm³/mol. The average molecular weight is 174 g/mol. The van der Waals surface area contributed by atoms with Crippen molar-refractivity contribution in [1.82, 2.24) is 0 Å². The lowest BCUT2D eigenvalue weighted by atomic mass is 11.7. The molecule has 0 spiro atoms. The maximum Gasteiger partial charge on any atom is 0.392 e. The molecule has 0 saturated carbocycles. The summed E-state index contributed by atoms with van der Waals surface area (Å²) in [6.07, 6.45) is 0.845. The van der Waals surface area contributed by atoms with Crippen LogP contribution in [0.1, 0.15) is 0 Å². The Hall–Kier alpha value is -0.620. The van der Waals surface area contributed by atoms with Gasteiger partial charge in [-0.2, -0.15) is 13.4 Å². The maximum atomic E-state index is 9.73. The van der Waals surface area contributed by atoms with Crippen molar-refractivity contribution in [3.63, 3.8) is 0 Å². The third kappa shape index (κ3) is 7.38. The van der Waals surface area contributed by atoms with Gasteiger partial charge in [0.05, 0.1) is 10.7 Å². The van der Waals surface area contributed by atoms with Gasteiger partial charge in [-0.1, -0.05) is 0 Å². The van der Waals surface area contributed by atoms with Gasteiger partial charge in [-0.15, -0.1) is 0 Å². The first-order valence-electron chi connectivity index (χ1n) is 1.43. The van der Waals surface area contributed by atoms with Gasteiger partial charge >= 0.3 is 9.33 Å². The van der Waals surface area contributed by atoms with Crippen LogP contribution in [0.5, 0.6) is 0 Å².